The summed E-state index contributed by atoms with van der Waals surface area (Å²) in [5, 5.41) is 8.46. The van der Waals surface area contributed by atoms with Crippen LogP contribution in [0.4, 0.5) is 0 Å². The first-order valence-corrected chi connectivity index (χ1v) is 3.72. The van der Waals surface area contributed by atoms with E-state index in [9.17, 15) is 4.79 Å². The van der Waals surface area contributed by atoms with Gasteiger partial charge in [0.15, 0.2) is 0 Å². The van der Waals surface area contributed by atoms with E-state index < -0.39 is 12.0 Å². The van der Waals surface area contributed by atoms with Crippen LogP contribution in [0.3, 0.4) is 0 Å². The van der Waals surface area contributed by atoms with Gasteiger partial charge in [-0.05, 0) is 18.6 Å². The van der Waals surface area contributed by atoms with Gasteiger partial charge in [-0.1, -0.05) is 0 Å². The number of nitrogens with two attached hydrogens (primary N) is 1. The maximum absolute atomic E-state index is 10.3. The standard InChI is InChI=1S/C8H12N2O2/c1-5-2-6(4-10-5)7(9)3-8(11)12/h2,4,7,10H,3,9H2,1H3,(H,11,12). The van der Waals surface area contributed by atoms with Gasteiger partial charge in [0.25, 0.3) is 0 Å². The fourth-order valence-electron chi connectivity index (χ4n) is 1.05. The largest absolute Gasteiger partial charge is 0.481 e. The van der Waals surface area contributed by atoms with Crippen LogP contribution in [-0.2, 0) is 4.79 Å². The van der Waals surface area contributed by atoms with Crippen molar-refractivity contribution in [2.45, 2.75) is 19.4 Å². The number of aromatic amines is 1. The van der Waals surface area contributed by atoms with Crippen molar-refractivity contribution in [2.75, 3.05) is 0 Å². The smallest absolute Gasteiger partial charge is 0.305 e. The summed E-state index contributed by atoms with van der Waals surface area (Å²) in [4.78, 5) is 13.2. The molecule has 0 spiro atoms. The van der Waals surface area contributed by atoms with E-state index in [0.29, 0.717) is 0 Å². The third-order valence-corrected chi connectivity index (χ3v) is 1.67. The molecule has 4 heteroatoms. The number of nitrogens with one attached hydrogen (secondary N) is 1. The van der Waals surface area contributed by atoms with Crippen molar-refractivity contribution >= 4 is 5.97 Å². The summed E-state index contributed by atoms with van der Waals surface area (Å²) in [6.45, 7) is 1.90. The van der Waals surface area contributed by atoms with Crippen LogP contribution in [0.2, 0.25) is 0 Å². The number of H-pyrrole nitrogens is 1. The Morgan fingerprint density at radius 2 is 2.50 bits per heavy atom. The minimum Gasteiger partial charge on any atom is -0.481 e. The van der Waals surface area contributed by atoms with Crippen molar-refractivity contribution in [3.63, 3.8) is 0 Å². The number of carboxylic acid groups (broad SMARTS) is 1. The van der Waals surface area contributed by atoms with Crippen LogP contribution < -0.4 is 5.73 Å². The van der Waals surface area contributed by atoms with Crippen LogP contribution >= 0.6 is 0 Å². The van der Waals surface area contributed by atoms with E-state index in [1.807, 2.05) is 13.0 Å². The Morgan fingerprint density at radius 1 is 1.83 bits per heavy atom. The van der Waals surface area contributed by atoms with E-state index >= 15 is 0 Å². The lowest BCUT2D eigenvalue weighted by Crippen LogP contribution is -2.14. The zero-order chi connectivity index (χ0) is 9.14. The molecule has 1 rings (SSSR count). The van der Waals surface area contributed by atoms with E-state index in [1.54, 1.807) is 6.20 Å². The molecule has 0 radical (unpaired) electrons. The number of aryl methyl sites for hydroxylation is 1. The van der Waals surface area contributed by atoms with Gasteiger partial charge in [0.2, 0.25) is 0 Å². The summed E-state index contributed by atoms with van der Waals surface area (Å²) in [6, 6.07) is 1.44. The summed E-state index contributed by atoms with van der Waals surface area (Å²) in [6.07, 6.45) is 1.71. The van der Waals surface area contributed by atoms with Crippen LogP contribution in [0.5, 0.6) is 0 Å². The monoisotopic (exact) mass is 168 g/mol. The lowest BCUT2D eigenvalue weighted by molar-refractivity contribution is -0.137. The third kappa shape index (κ3) is 2.10. The molecule has 1 aromatic rings. The molecule has 0 aliphatic rings. The molecular weight excluding hydrogens is 156 g/mol. The van der Waals surface area contributed by atoms with E-state index in [1.165, 1.54) is 0 Å². The molecule has 1 unspecified atom stereocenters. The predicted octanol–water partition coefficient (Wildman–Crippen LogP) is 0.798. The Labute approximate surface area is 70.4 Å². The van der Waals surface area contributed by atoms with E-state index in [4.69, 9.17) is 10.8 Å². The Morgan fingerprint density at radius 3 is 2.92 bits per heavy atom. The zero-order valence-corrected chi connectivity index (χ0v) is 6.87. The van der Waals surface area contributed by atoms with E-state index in [0.717, 1.165) is 11.3 Å². The van der Waals surface area contributed by atoms with Gasteiger partial charge < -0.3 is 15.8 Å². The molecule has 4 nitrogen and oxygen atoms in total. The average molecular weight is 168 g/mol. The molecule has 0 saturated carbocycles. The Bertz CT molecular complexity index is 280. The van der Waals surface area contributed by atoms with Crippen molar-refractivity contribution in [2.24, 2.45) is 5.73 Å². The van der Waals surface area contributed by atoms with Crippen molar-refractivity contribution in [1.82, 2.24) is 4.98 Å². The molecule has 66 valence electrons. The third-order valence-electron chi connectivity index (χ3n) is 1.67. The minimum absolute atomic E-state index is 0.0305. The van der Waals surface area contributed by atoms with Crippen LogP contribution in [0.1, 0.15) is 23.7 Å². The van der Waals surface area contributed by atoms with Gasteiger partial charge in [-0.25, -0.2) is 0 Å². The van der Waals surface area contributed by atoms with Gasteiger partial charge in [-0.2, -0.15) is 0 Å². The first-order valence-electron chi connectivity index (χ1n) is 3.72. The van der Waals surface area contributed by atoms with Gasteiger partial charge in [0, 0.05) is 17.9 Å². The molecule has 0 aliphatic heterocycles. The van der Waals surface area contributed by atoms with E-state index in [-0.39, 0.29) is 6.42 Å². The minimum atomic E-state index is -0.874. The van der Waals surface area contributed by atoms with Crippen LogP contribution in [-0.4, -0.2) is 16.1 Å². The molecule has 0 bridgehead atoms. The fourth-order valence-corrected chi connectivity index (χ4v) is 1.05. The number of rotatable bonds is 3. The van der Waals surface area contributed by atoms with Crippen molar-refractivity contribution in [1.29, 1.82) is 0 Å². The molecule has 1 aromatic heterocycles. The number of hydrogen-bond acceptors (Lipinski definition) is 2. The second-order valence-electron chi connectivity index (χ2n) is 2.82. The molecule has 0 saturated heterocycles. The second-order valence-corrected chi connectivity index (χ2v) is 2.82. The SMILES string of the molecule is Cc1cc(C(N)CC(=O)O)c[nH]1. The molecule has 0 amide bonds. The first-order chi connectivity index (χ1) is 5.59. The molecule has 1 atom stereocenters. The topological polar surface area (TPSA) is 79.1 Å². The maximum atomic E-state index is 10.3. The highest BCUT2D eigenvalue weighted by Crippen LogP contribution is 2.14. The number of hydrogen-bond donors (Lipinski definition) is 3. The highest BCUT2D eigenvalue weighted by molar-refractivity contribution is 5.67. The highest BCUT2D eigenvalue weighted by atomic mass is 16.4. The van der Waals surface area contributed by atoms with Crippen LogP contribution in [0.25, 0.3) is 0 Å². The normalized spacial score (nSPS) is 12.8. The molecule has 1 heterocycles. The van der Waals surface area contributed by atoms with Gasteiger partial charge in [0.1, 0.15) is 0 Å². The van der Waals surface area contributed by atoms with Gasteiger partial charge in [-0.15, -0.1) is 0 Å². The summed E-state index contributed by atoms with van der Waals surface area (Å²) >= 11 is 0. The second kappa shape index (κ2) is 3.40. The number of aliphatic carboxylic acids is 1. The van der Waals surface area contributed by atoms with Gasteiger partial charge in [-0.3, -0.25) is 4.79 Å². The van der Waals surface area contributed by atoms with Crippen molar-refractivity contribution < 1.29 is 9.90 Å². The molecule has 0 aliphatic carbocycles. The Balaban J connectivity index is 2.64. The summed E-state index contributed by atoms with van der Waals surface area (Å²) in [7, 11) is 0. The molecule has 0 aromatic carbocycles. The molecule has 0 fully saturated rings. The first kappa shape index (κ1) is 8.80. The molecular formula is C8H12N2O2. The Kier molecular flexibility index (Phi) is 2.50. The zero-order valence-electron chi connectivity index (χ0n) is 6.87. The van der Waals surface area contributed by atoms with Crippen molar-refractivity contribution in [3.05, 3.63) is 23.5 Å². The summed E-state index contributed by atoms with van der Waals surface area (Å²) < 4.78 is 0. The lowest BCUT2D eigenvalue weighted by atomic mass is 10.1. The van der Waals surface area contributed by atoms with Crippen LogP contribution in [0, 0.1) is 6.92 Å². The molecule has 12 heavy (non-hydrogen) atoms. The average Bonchev–Trinajstić information content (AvgIpc) is 2.34. The van der Waals surface area contributed by atoms with Crippen LogP contribution in [0.15, 0.2) is 12.3 Å². The maximum Gasteiger partial charge on any atom is 0.305 e. The summed E-state index contributed by atoms with van der Waals surface area (Å²) in [5.41, 5.74) is 7.44. The van der Waals surface area contributed by atoms with Gasteiger partial charge >= 0.3 is 5.97 Å². The van der Waals surface area contributed by atoms with E-state index in [2.05, 4.69) is 4.98 Å². The van der Waals surface area contributed by atoms with Crippen molar-refractivity contribution in [3.8, 4) is 0 Å². The number of aromatic nitrogens is 1. The lowest BCUT2D eigenvalue weighted by Gasteiger charge is -2.04. The highest BCUT2D eigenvalue weighted by Gasteiger charge is 2.10. The predicted molar refractivity (Wildman–Crippen MR) is 44.7 cm³/mol. The number of carboxylic acids is 1. The summed E-state index contributed by atoms with van der Waals surface area (Å²) in [5.74, 6) is -0.874. The number of carbonyl (C=O) groups is 1. The Hall–Kier alpha value is -1.29. The molecule has 4 N–H and O–H groups in total. The fraction of sp³-hybridized carbons (Fsp3) is 0.375. The van der Waals surface area contributed by atoms with Gasteiger partial charge in [0.05, 0.1) is 6.42 Å². The quantitative estimate of drug-likeness (QED) is 0.624.